The summed E-state index contributed by atoms with van der Waals surface area (Å²) < 4.78 is 37.9. The molecule has 4 rings (SSSR count). The number of aromatic nitrogens is 2. The molecule has 2 heterocycles. The van der Waals surface area contributed by atoms with Crippen LogP contribution in [0.4, 0.5) is 14.5 Å². The fourth-order valence-corrected chi connectivity index (χ4v) is 5.53. The molecule has 1 aromatic heterocycles. The lowest BCUT2D eigenvalue weighted by Crippen LogP contribution is -2.59. The molecule has 1 fully saturated rings. The minimum atomic E-state index is -3.12. The number of halogens is 3. The number of carboxylic acid groups (broad SMARTS) is 1. The van der Waals surface area contributed by atoms with Crippen molar-refractivity contribution >= 4 is 29.2 Å². The quantitative estimate of drug-likeness (QED) is 0.312. The minimum absolute atomic E-state index is 0.0227. The normalized spacial score (nSPS) is 16.8. The van der Waals surface area contributed by atoms with E-state index in [1.54, 1.807) is 42.1 Å². The average Bonchev–Trinajstić information content (AvgIpc) is 3.45. The van der Waals surface area contributed by atoms with Crippen molar-refractivity contribution in [3.05, 3.63) is 71.0 Å². The van der Waals surface area contributed by atoms with Gasteiger partial charge in [0.1, 0.15) is 16.8 Å². The van der Waals surface area contributed by atoms with Crippen molar-refractivity contribution in [1.82, 2.24) is 14.7 Å². The number of methoxy groups -OCH3 is 1. The first-order chi connectivity index (χ1) is 19.4. The van der Waals surface area contributed by atoms with Crippen molar-refractivity contribution in [3.8, 4) is 11.5 Å². The number of carbonyl (C=O) groups excluding carboxylic acids is 1. The van der Waals surface area contributed by atoms with E-state index < -0.39 is 29.6 Å². The van der Waals surface area contributed by atoms with Gasteiger partial charge in [0, 0.05) is 36.1 Å². The van der Waals surface area contributed by atoms with Crippen LogP contribution in [0.5, 0.6) is 11.5 Å². The molecule has 1 saturated heterocycles. The van der Waals surface area contributed by atoms with Gasteiger partial charge in [-0.3, -0.25) is 14.4 Å². The number of nitrogens with one attached hydrogen (secondary N) is 1. The molecule has 0 spiro atoms. The van der Waals surface area contributed by atoms with Crippen molar-refractivity contribution in [2.45, 2.75) is 57.2 Å². The Morgan fingerprint density at radius 2 is 1.85 bits per heavy atom. The molecule has 9 nitrogen and oxygen atoms in total. The Balaban J connectivity index is 1.72. The molecule has 1 aliphatic rings. The van der Waals surface area contributed by atoms with Crippen molar-refractivity contribution in [2.24, 2.45) is 0 Å². The number of carbonyl (C=O) groups is 2. The fraction of sp³-hybridized carbons (Fsp3) is 0.414. The fourth-order valence-electron chi connectivity index (χ4n) is 5.37. The number of hydrogen-bond acceptors (Lipinski definition) is 6. The van der Waals surface area contributed by atoms with Gasteiger partial charge in [0.2, 0.25) is 0 Å². The predicted octanol–water partition coefficient (Wildman–Crippen LogP) is 5.70. The summed E-state index contributed by atoms with van der Waals surface area (Å²) in [7, 11) is 1.51. The summed E-state index contributed by atoms with van der Waals surface area (Å²) in [5, 5.41) is 17.8. The van der Waals surface area contributed by atoms with Crippen LogP contribution in [-0.4, -0.2) is 58.5 Å². The predicted molar refractivity (Wildman–Crippen MR) is 150 cm³/mol. The Labute approximate surface area is 242 Å². The maximum atomic E-state index is 14.1. The molecular formula is C29H33ClF2N4O5. The zero-order valence-corrected chi connectivity index (χ0v) is 24.0. The zero-order valence-electron chi connectivity index (χ0n) is 23.2. The lowest BCUT2D eigenvalue weighted by Gasteiger charge is -2.47. The van der Waals surface area contributed by atoms with Crippen LogP contribution in [0.1, 0.15) is 50.8 Å². The van der Waals surface area contributed by atoms with Crippen LogP contribution >= 0.6 is 11.6 Å². The lowest BCUT2D eigenvalue weighted by atomic mass is 9.81. The molecule has 1 aliphatic heterocycles. The molecule has 1 atom stereocenters. The summed E-state index contributed by atoms with van der Waals surface area (Å²) in [5.74, 6) is -1.24. The van der Waals surface area contributed by atoms with Gasteiger partial charge in [-0.05, 0) is 61.6 Å². The second-order valence-corrected chi connectivity index (χ2v) is 10.9. The minimum Gasteiger partial charge on any atom is -0.497 e. The van der Waals surface area contributed by atoms with Crippen molar-refractivity contribution in [1.29, 1.82) is 0 Å². The molecule has 0 bridgehead atoms. The molecule has 2 N–H and O–H groups in total. The van der Waals surface area contributed by atoms with E-state index in [-0.39, 0.29) is 48.3 Å². The zero-order chi connectivity index (χ0) is 29.9. The van der Waals surface area contributed by atoms with Crippen molar-refractivity contribution in [2.75, 3.05) is 25.5 Å². The third-order valence-electron chi connectivity index (χ3n) is 7.77. The first kappa shape index (κ1) is 30.3. The number of rotatable bonds is 10. The maximum absolute atomic E-state index is 14.1. The van der Waals surface area contributed by atoms with Gasteiger partial charge in [-0.25, -0.2) is 4.79 Å². The van der Waals surface area contributed by atoms with Gasteiger partial charge in [0.05, 0.1) is 12.8 Å². The molecule has 0 aliphatic carbocycles. The van der Waals surface area contributed by atoms with Crippen LogP contribution in [0.15, 0.2) is 54.7 Å². The summed E-state index contributed by atoms with van der Waals surface area (Å²) in [5.41, 5.74) is -1.27. The topological polar surface area (TPSA) is 106 Å². The molecule has 41 heavy (non-hydrogen) atoms. The van der Waals surface area contributed by atoms with Crippen LogP contribution in [0.3, 0.4) is 0 Å². The van der Waals surface area contributed by atoms with E-state index in [9.17, 15) is 23.5 Å². The van der Waals surface area contributed by atoms with Gasteiger partial charge < -0.3 is 19.9 Å². The van der Waals surface area contributed by atoms with Gasteiger partial charge in [0.15, 0.2) is 5.75 Å². The highest BCUT2D eigenvalue weighted by Crippen LogP contribution is 2.41. The second kappa shape index (κ2) is 12.0. The van der Waals surface area contributed by atoms with Gasteiger partial charge in [-0.15, -0.1) is 0 Å². The Morgan fingerprint density at radius 1 is 1.15 bits per heavy atom. The molecule has 12 heteroatoms. The number of ether oxygens (including phenoxy) is 2. The van der Waals surface area contributed by atoms with E-state index in [4.69, 9.17) is 16.3 Å². The first-order valence-electron chi connectivity index (χ1n) is 13.2. The van der Waals surface area contributed by atoms with Crippen LogP contribution in [-0.2, 0) is 20.7 Å². The molecule has 2 aromatic carbocycles. The summed E-state index contributed by atoms with van der Waals surface area (Å²) in [6, 6.07) is 12.8. The van der Waals surface area contributed by atoms with Gasteiger partial charge in [-0.1, -0.05) is 37.6 Å². The standard InChI is InChI=1S/C29H33ClF2N4O5/c1-18(2)23-10-13-33-36(23)29(25(37)34-22-9-8-20(30)17-24(22)41-27(31)32)11-14-35(15-12-29)28(3,26(38)39)19-6-5-7-21(16-19)40-4/h5-10,13,16-18,27H,11-12,14-15H2,1-4H3,(H,34,37)(H,38,39). The highest BCUT2D eigenvalue weighted by molar-refractivity contribution is 6.30. The van der Waals surface area contributed by atoms with E-state index >= 15 is 0 Å². The number of carboxylic acids is 1. The van der Waals surface area contributed by atoms with Crippen LogP contribution in [0.25, 0.3) is 0 Å². The highest BCUT2D eigenvalue weighted by atomic mass is 35.5. The molecule has 0 saturated carbocycles. The Morgan fingerprint density at radius 3 is 2.46 bits per heavy atom. The monoisotopic (exact) mass is 590 g/mol. The molecular weight excluding hydrogens is 558 g/mol. The SMILES string of the molecule is COc1cccc(C(C)(C(=O)O)N2CCC(C(=O)Nc3ccc(Cl)cc3OC(F)F)(n3nccc3C(C)C)CC2)c1. The number of likely N-dealkylation sites (tertiary alicyclic amines) is 1. The largest absolute Gasteiger partial charge is 0.497 e. The first-order valence-corrected chi connectivity index (χ1v) is 13.5. The van der Waals surface area contributed by atoms with E-state index in [2.05, 4.69) is 15.2 Å². The number of alkyl halides is 2. The number of piperidine rings is 1. The van der Waals surface area contributed by atoms with E-state index in [0.29, 0.717) is 11.3 Å². The summed E-state index contributed by atoms with van der Waals surface area (Å²) in [6.07, 6.45) is 2.01. The summed E-state index contributed by atoms with van der Waals surface area (Å²) in [6.45, 7) is 2.92. The molecule has 1 unspecified atom stereocenters. The Hall–Kier alpha value is -3.70. The van der Waals surface area contributed by atoms with E-state index in [1.165, 1.54) is 25.3 Å². The number of amides is 1. The van der Waals surface area contributed by atoms with E-state index in [0.717, 1.165) is 5.69 Å². The summed E-state index contributed by atoms with van der Waals surface area (Å²) in [4.78, 5) is 28.7. The third-order valence-corrected chi connectivity index (χ3v) is 8.01. The maximum Gasteiger partial charge on any atom is 0.387 e. The number of hydrogen-bond donors (Lipinski definition) is 2. The van der Waals surface area contributed by atoms with E-state index in [1.807, 2.05) is 24.8 Å². The van der Waals surface area contributed by atoms with Gasteiger partial charge >= 0.3 is 12.6 Å². The lowest BCUT2D eigenvalue weighted by molar-refractivity contribution is -0.153. The Bertz CT molecular complexity index is 1410. The molecule has 220 valence electrons. The number of benzene rings is 2. The number of aliphatic carboxylic acids is 1. The van der Waals surface area contributed by atoms with Crippen LogP contribution in [0.2, 0.25) is 5.02 Å². The summed E-state index contributed by atoms with van der Waals surface area (Å²) >= 11 is 5.99. The molecule has 0 radical (unpaired) electrons. The van der Waals surface area contributed by atoms with Crippen molar-refractivity contribution < 1.29 is 33.0 Å². The van der Waals surface area contributed by atoms with Gasteiger partial charge in [-0.2, -0.15) is 13.9 Å². The smallest absolute Gasteiger partial charge is 0.387 e. The molecule has 3 aromatic rings. The Kier molecular flexibility index (Phi) is 8.89. The van der Waals surface area contributed by atoms with Crippen LogP contribution in [0, 0.1) is 0 Å². The highest BCUT2D eigenvalue weighted by Gasteiger charge is 2.50. The van der Waals surface area contributed by atoms with Crippen LogP contribution < -0.4 is 14.8 Å². The molecule has 1 amide bonds. The van der Waals surface area contributed by atoms with Crippen molar-refractivity contribution in [3.63, 3.8) is 0 Å². The number of anilines is 1. The third kappa shape index (κ3) is 5.87. The average molecular weight is 591 g/mol. The second-order valence-electron chi connectivity index (χ2n) is 10.4. The van der Waals surface area contributed by atoms with Gasteiger partial charge in [0.25, 0.3) is 5.91 Å². The number of nitrogens with zero attached hydrogens (tertiary/aromatic N) is 3.